The molecule has 0 nitrogen and oxygen atoms in total. The summed E-state index contributed by atoms with van der Waals surface area (Å²) in [6, 6.07) is 0. The average molecular weight is 277 g/mol. The van der Waals surface area contributed by atoms with Gasteiger partial charge in [-0.05, 0) is 74.8 Å². The summed E-state index contributed by atoms with van der Waals surface area (Å²) in [4.78, 5) is 0. The van der Waals surface area contributed by atoms with E-state index < -0.39 is 0 Å². The molecule has 0 aromatic rings. The smallest absolute Gasteiger partial charge is 0.0199 e. The van der Waals surface area contributed by atoms with Crippen molar-refractivity contribution in [1.29, 1.82) is 0 Å². The summed E-state index contributed by atoms with van der Waals surface area (Å²) >= 11 is 0. The molecule has 107 valence electrons. The van der Waals surface area contributed by atoms with Crippen molar-refractivity contribution in [2.45, 2.75) is 94.0 Å². The Kier molecular flexibility index (Phi) is 5.63. The standard InChI is InChI=1S/C18H30P/c1-4-10-16(11-5-1)19(17-12-6-2-7-13-17)18-14-8-3-9-15-18/h1,4-5,16-18H,2-3,6-15H2. The van der Waals surface area contributed by atoms with E-state index in [-0.39, 0.29) is 0 Å². The molecule has 0 N–H and O–H groups in total. The van der Waals surface area contributed by atoms with Crippen LogP contribution in [0.15, 0.2) is 0 Å². The highest BCUT2D eigenvalue weighted by Crippen LogP contribution is 2.61. The Balaban J connectivity index is 1.68. The molecule has 0 heterocycles. The van der Waals surface area contributed by atoms with Crippen molar-refractivity contribution >= 4 is 7.92 Å². The van der Waals surface area contributed by atoms with Gasteiger partial charge in [-0.2, -0.15) is 0 Å². The van der Waals surface area contributed by atoms with Gasteiger partial charge in [0.25, 0.3) is 0 Å². The number of hydrogen-bond donors (Lipinski definition) is 0. The molecule has 19 heavy (non-hydrogen) atoms. The zero-order valence-corrected chi connectivity index (χ0v) is 13.3. The van der Waals surface area contributed by atoms with Gasteiger partial charge in [0.15, 0.2) is 0 Å². The topological polar surface area (TPSA) is 0 Å². The van der Waals surface area contributed by atoms with Crippen molar-refractivity contribution in [2.24, 2.45) is 0 Å². The van der Waals surface area contributed by atoms with Crippen molar-refractivity contribution in [3.8, 4) is 0 Å². The van der Waals surface area contributed by atoms with E-state index in [2.05, 4.69) is 19.3 Å². The molecular formula is C18H30P. The van der Waals surface area contributed by atoms with Crippen molar-refractivity contribution < 1.29 is 0 Å². The highest BCUT2D eigenvalue weighted by atomic mass is 31.1. The Hall–Kier alpha value is 0.430. The summed E-state index contributed by atoms with van der Waals surface area (Å²) in [6.07, 6.45) is 25.5. The molecule has 0 saturated heterocycles. The Bertz CT molecular complexity index is 202. The molecule has 0 aromatic heterocycles. The monoisotopic (exact) mass is 277 g/mol. The van der Waals surface area contributed by atoms with E-state index in [0.717, 1.165) is 17.0 Å². The first-order valence-electron chi connectivity index (χ1n) is 8.71. The van der Waals surface area contributed by atoms with Gasteiger partial charge in [-0.25, -0.2) is 0 Å². The highest BCUT2D eigenvalue weighted by molar-refractivity contribution is 7.60. The largest absolute Gasteiger partial charge is 0.0971 e. The molecule has 0 spiro atoms. The van der Waals surface area contributed by atoms with Crippen LogP contribution in [0.5, 0.6) is 0 Å². The van der Waals surface area contributed by atoms with Gasteiger partial charge >= 0.3 is 0 Å². The van der Waals surface area contributed by atoms with E-state index in [0.29, 0.717) is 7.92 Å². The third kappa shape index (κ3) is 3.75. The predicted molar refractivity (Wildman–Crippen MR) is 86.6 cm³/mol. The van der Waals surface area contributed by atoms with Crippen LogP contribution >= 0.6 is 7.92 Å². The van der Waals surface area contributed by atoms with Gasteiger partial charge in [0.2, 0.25) is 0 Å². The van der Waals surface area contributed by atoms with Gasteiger partial charge in [0.05, 0.1) is 0 Å². The summed E-state index contributed by atoms with van der Waals surface area (Å²) in [5.74, 6) is 0. The van der Waals surface area contributed by atoms with E-state index >= 15 is 0 Å². The second kappa shape index (κ2) is 7.44. The highest BCUT2D eigenvalue weighted by Gasteiger charge is 2.36. The van der Waals surface area contributed by atoms with Crippen molar-refractivity contribution in [1.82, 2.24) is 0 Å². The second-order valence-electron chi connectivity index (χ2n) is 6.82. The molecule has 3 radical (unpaired) electrons. The first kappa shape index (κ1) is 14.4. The van der Waals surface area contributed by atoms with E-state index in [1.807, 2.05) is 0 Å². The van der Waals surface area contributed by atoms with E-state index in [9.17, 15) is 0 Å². The SMILES string of the molecule is [CH]1[CH]CC(P(C2CCCCC2)C2CCCCC2)C[CH]1. The Morgan fingerprint density at radius 3 is 1.53 bits per heavy atom. The summed E-state index contributed by atoms with van der Waals surface area (Å²) in [5.41, 5.74) is 3.32. The maximum Gasteiger partial charge on any atom is -0.0199 e. The quantitative estimate of drug-likeness (QED) is 0.563. The normalized spacial score (nSPS) is 28.9. The lowest BCUT2D eigenvalue weighted by Crippen LogP contribution is -2.28. The molecular weight excluding hydrogens is 247 g/mol. The molecule has 0 amide bonds. The van der Waals surface area contributed by atoms with Crippen molar-refractivity contribution in [3.05, 3.63) is 19.3 Å². The molecule has 0 atom stereocenters. The third-order valence-electron chi connectivity index (χ3n) is 5.50. The minimum absolute atomic E-state index is 0.302. The van der Waals surface area contributed by atoms with Gasteiger partial charge in [0, 0.05) is 0 Å². The Morgan fingerprint density at radius 1 is 0.579 bits per heavy atom. The summed E-state index contributed by atoms with van der Waals surface area (Å²) in [5, 5.41) is 0. The average Bonchev–Trinajstić information content (AvgIpc) is 2.51. The first-order chi connectivity index (χ1) is 9.45. The Labute approximate surface area is 121 Å². The maximum absolute atomic E-state index is 2.45. The number of rotatable bonds is 3. The van der Waals surface area contributed by atoms with Gasteiger partial charge in [0.1, 0.15) is 0 Å². The molecule has 0 aliphatic heterocycles. The zero-order chi connectivity index (χ0) is 12.9. The molecule has 3 saturated carbocycles. The molecule has 3 rings (SSSR count). The molecule has 3 aliphatic carbocycles. The van der Waals surface area contributed by atoms with E-state index in [4.69, 9.17) is 0 Å². The zero-order valence-electron chi connectivity index (χ0n) is 12.4. The molecule has 3 aliphatic rings. The van der Waals surface area contributed by atoms with Crippen LogP contribution in [0.1, 0.15) is 77.0 Å². The molecule has 0 bridgehead atoms. The summed E-state index contributed by atoms with van der Waals surface area (Å²) < 4.78 is 0. The maximum atomic E-state index is 2.45. The van der Waals surface area contributed by atoms with E-state index in [1.54, 1.807) is 25.7 Å². The lowest BCUT2D eigenvalue weighted by atomic mass is 9.99. The van der Waals surface area contributed by atoms with Crippen LogP contribution in [0.25, 0.3) is 0 Å². The van der Waals surface area contributed by atoms with Crippen molar-refractivity contribution in [2.75, 3.05) is 0 Å². The van der Waals surface area contributed by atoms with Gasteiger partial charge in [-0.3, -0.25) is 0 Å². The van der Waals surface area contributed by atoms with Gasteiger partial charge < -0.3 is 0 Å². The lowest BCUT2D eigenvalue weighted by Gasteiger charge is -2.44. The molecule has 1 heteroatoms. The Morgan fingerprint density at radius 2 is 1.05 bits per heavy atom. The van der Waals surface area contributed by atoms with Crippen LogP contribution in [0.4, 0.5) is 0 Å². The molecule has 3 fully saturated rings. The number of hydrogen-bond acceptors (Lipinski definition) is 0. The van der Waals surface area contributed by atoms with Gasteiger partial charge in [-0.1, -0.05) is 46.4 Å². The fraction of sp³-hybridized carbons (Fsp3) is 0.833. The van der Waals surface area contributed by atoms with Crippen molar-refractivity contribution in [3.63, 3.8) is 0 Å². The minimum atomic E-state index is 0.302. The van der Waals surface area contributed by atoms with Crippen LogP contribution in [-0.4, -0.2) is 17.0 Å². The van der Waals surface area contributed by atoms with Gasteiger partial charge in [-0.15, -0.1) is 0 Å². The van der Waals surface area contributed by atoms with Crippen LogP contribution in [0, 0.1) is 19.3 Å². The summed E-state index contributed by atoms with van der Waals surface area (Å²) in [6.45, 7) is 0. The summed E-state index contributed by atoms with van der Waals surface area (Å²) in [7, 11) is 0.302. The van der Waals surface area contributed by atoms with Crippen LogP contribution in [-0.2, 0) is 0 Å². The molecule has 0 unspecified atom stereocenters. The predicted octanol–water partition coefficient (Wildman–Crippen LogP) is 5.91. The molecule has 0 aromatic carbocycles. The third-order valence-corrected chi connectivity index (χ3v) is 9.49. The fourth-order valence-electron chi connectivity index (χ4n) is 4.56. The second-order valence-corrected chi connectivity index (χ2v) is 9.91. The van der Waals surface area contributed by atoms with E-state index in [1.165, 1.54) is 51.4 Å². The van der Waals surface area contributed by atoms with Crippen LogP contribution in [0.2, 0.25) is 0 Å². The fourth-order valence-corrected chi connectivity index (χ4v) is 9.00. The van der Waals surface area contributed by atoms with Crippen LogP contribution in [0.3, 0.4) is 0 Å². The lowest BCUT2D eigenvalue weighted by molar-refractivity contribution is 0.479. The minimum Gasteiger partial charge on any atom is -0.0971 e. The first-order valence-corrected chi connectivity index (χ1v) is 10.3. The van der Waals surface area contributed by atoms with Crippen LogP contribution < -0.4 is 0 Å².